The molecule has 0 heterocycles. The summed E-state index contributed by atoms with van der Waals surface area (Å²) in [6.45, 7) is 0. The summed E-state index contributed by atoms with van der Waals surface area (Å²) in [5.74, 6) is -2.00. The molecule has 0 unspecified atom stereocenters. The van der Waals surface area contributed by atoms with Crippen molar-refractivity contribution in [2.45, 2.75) is 11.1 Å². The Balaban J connectivity index is 2.70. The Morgan fingerprint density at radius 1 is 1.21 bits per heavy atom. The fourth-order valence-electron chi connectivity index (χ4n) is 1.05. The van der Waals surface area contributed by atoms with Crippen LogP contribution < -0.4 is 10.5 Å². The lowest BCUT2D eigenvalue weighted by atomic mass is 10.3. The van der Waals surface area contributed by atoms with E-state index in [9.17, 15) is 26.4 Å². The summed E-state index contributed by atoms with van der Waals surface area (Å²) < 4.78 is 57.4. The molecule has 0 fully saturated rings. The molecule has 5 nitrogen and oxygen atoms in total. The van der Waals surface area contributed by atoms with Crippen LogP contribution in [0.4, 0.5) is 18.9 Å². The molecule has 0 bridgehead atoms. The largest absolute Gasteiger partial charge is 0.454 e. The third kappa shape index (κ3) is 4.72. The molecule has 0 radical (unpaired) electrons. The number of carbonyl (C=O) groups is 1. The molecule has 0 atom stereocenters. The number of carbonyl (C=O) groups excluding carboxylic acids is 1. The maximum absolute atomic E-state index is 11.8. The lowest BCUT2D eigenvalue weighted by molar-refractivity contribution is -0.165. The number of hydrogen-bond donors (Lipinski definition) is 2. The number of sulfonamides is 1. The molecule has 0 aliphatic rings. The molecule has 1 aromatic rings. The van der Waals surface area contributed by atoms with Gasteiger partial charge in [0.25, 0.3) is 5.78 Å². The van der Waals surface area contributed by atoms with Crippen LogP contribution >= 0.6 is 0 Å². The quantitative estimate of drug-likeness (QED) is 0.821. The smallest absolute Gasteiger partial charge is 0.362 e. The summed E-state index contributed by atoms with van der Waals surface area (Å²) in [5.41, 5.74) is 0.304. The number of allylic oxidation sites excluding steroid dienone is 1. The highest BCUT2D eigenvalue weighted by Gasteiger charge is 2.35. The van der Waals surface area contributed by atoms with Gasteiger partial charge in [-0.25, -0.2) is 13.6 Å². The molecule has 3 N–H and O–H groups in total. The molecule has 104 valence electrons. The molecule has 1 aromatic carbocycles. The minimum atomic E-state index is -4.92. The van der Waals surface area contributed by atoms with Gasteiger partial charge in [0.2, 0.25) is 10.0 Å². The van der Waals surface area contributed by atoms with Crippen LogP contribution in [0.2, 0.25) is 0 Å². The highest BCUT2D eigenvalue weighted by atomic mass is 32.2. The van der Waals surface area contributed by atoms with Crippen molar-refractivity contribution in [1.82, 2.24) is 0 Å². The molecule has 1 rings (SSSR count). The zero-order valence-electron chi connectivity index (χ0n) is 9.31. The molecule has 0 aliphatic carbocycles. The van der Waals surface area contributed by atoms with E-state index in [0.29, 0.717) is 11.8 Å². The van der Waals surface area contributed by atoms with Crippen molar-refractivity contribution in [2.75, 3.05) is 5.32 Å². The maximum Gasteiger partial charge on any atom is 0.454 e. The summed E-state index contributed by atoms with van der Waals surface area (Å²) >= 11 is 0. The van der Waals surface area contributed by atoms with Crippen molar-refractivity contribution in [3.05, 3.63) is 36.5 Å². The van der Waals surface area contributed by atoms with Gasteiger partial charge in [0, 0.05) is 18.0 Å². The minimum absolute atomic E-state index is 0.131. The first-order valence-corrected chi connectivity index (χ1v) is 6.32. The fourth-order valence-corrected chi connectivity index (χ4v) is 1.56. The molecule has 0 amide bonds. The van der Waals surface area contributed by atoms with Gasteiger partial charge in [0.15, 0.2) is 0 Å². The summed E-state index contributed by atoms with van der Waals surface area (Å²) in [4.78, 5) is 10.4. The van der Waals surface area contributed by atoms with Gasteiger partial charge in [0.05, 0.1) is 4.90 Å². The van der Waals surface area contributed by atoms with Gasteiger partial charge in [-0.05, 0) is 24.3 Å². The van der Waals surface area contributed by atoms with E-state index in [1.807, 2.05) is 0 Å². The van der Waals surface area contributed by atoms with Crippen LogP contribution in [0.3, 0.4) is 0 Å². The molecule has 9 heteroatoms. The van der Waals surface area contributed by atoms with E-state index in [1.165, 1.54) is 24.3 Å². The molecule has 0 saturated carbocycles. The average molecular weight is 294 g/mol. The van der Waals surface area contributed by atoms with Gasteiger partial charge in [-0.1, -0.05) is 0 Å². The van der Waals surface area contributed by atoms with Crippen molar-refractivity contribution >= 4 is 21.5 Å². The Bertz CT molecular complexity index is 591. The lowest BCUT2D eigenvalue weighted by Crippen LogP contribution is -2.20. The topological polar surface area (TPSA) is 89.3 Å². The number of nitrogens with two attached hydrogens (primary N) is 1. The SMILES string of the molecule is NS(=O)(=O)c1ccc(N/C=C/C(=O)C(F)(F)F)cc1. The van der Waals surface area contributed by atoms with Crippen molar-refractivity contribution in [3.8, 4) is 0 Å². The van der Waals surface area contributed by atoms with Gasteiger partial charge in [0.1, 0.15) is 0 Å². The second-order valence-electron chi connectivity index (χ2n) is 3.41. The molecular weight excluding hydrogens is 285 g/mol. The molecule has 19 heavy (non-hydrogen) atoms. The zero-order valence-corrected chi connectivity index (χ0v) is 10.1. The van der Waals surface area contributed by atoms with Crippen LogP contribution in [0.25, 0.3) is 0 Å². The zero-order chi connectivity index (χ0) is 14.7. The first-order chi connectivity index (χ1) is 8.60. The number of ketones is 1. The van der Waals surface area contributed by atoms with Crippen molar-refractivity contribution in [3.63, 3.8) is 0 Å². The van der Waals surface area contributed by atoms with Crippen molar-refractivity contribution in [2.24, 2.45) is 5.14 Å². The summed E-state index contributed by atoms with van der Waals surface area (Å²) in [6, 6.07) is 4.94. The van der Waals surface area contributed by atoms with Crippen molar-refractivity contribution in [1.29, 1.82) is 0 Å². The first kappa shape index (κ1) is 15.2. The predicted molar refractivity (Wildman–Crippen MR) is 61.6 cm³/mol. The van der Waals surface area contributed by atoms with Gasteiger partial charge < -0.3 is 5.32 Å². The van der Waals surface area contributed by atoms with Crippen LogP contribution in [0.5, 0.6) is 0 Å². The predicted octanol–water partition coefficient (Wildman–Crippen LogP) is 1.39. The van der Waals surface area contributed by atoms with E-state index in [4.69, 9.17) is 5.14 Å². The number of primary sulfonamides is 1. The van der Waals surface area contributed by atoms with Gasteiger partial charge in [-0.15, -0.1) is 0 Å². The van der Waals surface area contributed by atoms with E-state index < -0.39 is 22.0 Å². The van der Waals surface area contributed by atoms with E-state index in [-0.39, 0.29) is 4.90 Å². The molecular formula is C10H9F3N2O3S. The highest BCUT2D eigenvalue weighted by molar-refractivity contribution is 7.89. The van der Waals surface area contributed by atoms with Crippen LogP contribution in [-0.4, -0.2) is 20.4 Å². The first-order valence-electron chi connectivity index (χ1n) is 4.78. The summed E-state index contributed by atoms with van der Waals surface area (Å²) in [6.07, 6.45) is -3.79. The number of benzene rings is 1. The Kier molecular flexibility index (Phi) is 4.32. The van der Waals surface area contributed by atoms with Gasteiger partial charge in [-0.3, -0.25) is 4.79 Å². The average Bonchev–Trinajstić information content (AvgIpc) is 2.27. The Hall–Kier alpha value is -1.87. The van der Waals surface area contributed by atoms with Crippen LogP contribution in [0.15, 0.2) is 41.4 Å². The van der Waals surface area contributed by atoms with Crippen LogP contribution in [0.1, 0.15) is 0 Å². The number of hydrogen-bond acceptors (Lipinski definition) is 4. The third-order valence-corrected chi connectivity index (χ3v) is 2.88. The van der Waals surface area contributed by atoms with Crippen molar-refractivity contribution < 1.29 is 26.4 Å². The lowest BCUT2D eigenvalue weighted by Gasteiger charge is -2.03. The number of nitrogens with one attached hydrogen (secondary N) is 1. The highest BCUT2D eigenvalue weighted by Crippen LogP contribution is 2.17. The molecule has 0 aliphatic heterocycles. The number of alkyl halides is 3. The van der Waals surface area contributed by atoms with Crippen LogP contribution in [-0.2, 0) is 14.8 Å². The number of anilines is 1. The molecule has 0 spiro atoms. The number of rotatable bonds is 4. The standard InChI is InChI=1S/C10H9F3N2O3S/c11-10(12,13)9(16)5-6-15-7-1-3-8(4-2-7)19(14,17)18/h1-6,15H,(H2,14,17,18)/b6-5+. The summed E-state index contributed by atoms with van der Waals surface area (Å²) in [5, 5.41) is 7.25. The normalized spacial score (nSPS) is 12.6. The van der Waals surface area contributed by atoms with E-state index in [1.54, 1.807) is 0 Å². The fraction of sp³-hybridized carbons (Fsp3) is 0.100. The minimum Gasteiger partial charge on any atom is -0.362 e. The Morgan fingerprint density at radius 2 is 1.74 bits per heavy atom. The second-order valence-corrected chi connectivity index (χ2v) is 4.97. The van der Waals surface area contributed by atoms with E-state index >= 15 is 0 Å². The van der Waals surface area contributed by atoms with Crippen LogP contribution in [0, 0.1) is 0 Å². The van der Waals surface area contributed by atoms with E-state index in [0.717, 1.165) is 6.20 Å². The van der Waals surface area contributed by atoms with Gasteiger partial charge in [-0.2, -0.15) is 13.2 Å². The molecule has 0 saturated heterocycles. The Morgan fingerprint density at radius 3 is 2.16 bits per heavy atom. The number of halogens is 3. The Labute approximate surface area is 107 Å². The maximum atomic E-state index is 11.8. The summed E-state index contributed by atoms with van der Waals surface area (Å²) in [7, 11) is -3.82. The monoisotopic (exact) mass is 294 g/mol. The second kappa shape index (κ2) is 5.41. The third-order valence-electron chi connectivity index (χ3n) is 1.95. The van der Waals surface area contributed by atoms with Gasteiger partial charge >= 0.3 is 6.18 Å². The molecule has 0 aromatic heterocycles. The van der Waals surface area contributed by atoms with E-state index in [2.05, 4.69) is 5.32 Å².